The predicted octanol–water partition coefficient (Wildman–Crippen LogP) is 3.52. The smallest absolute Gasteiger partial charge is 0.0488 e. The van der Waals surface area contributed by atoms with Gasteiger partial charge in [-0.3, -0.25) is 0 Å². The number of benzene rings is 1. The van der Waals surface area contributed by atoms with Crippen LogP contribution in [0, 0.1) is 11.8 Å². The first-order valence-electron chi connectivity index (χ1n) is 7.54. The lowest BCUT2D eigenvalue weighted by atomic mass is 9.96. The molecule has 1 atom stereocenters. The molecular weight excluding hydrogens is 234 g/mol. The van der Waals surface area contributed by atoms with Gasteiger partial charge in [0.1, 0.15) is 0 Å². The van der Waals surface area contributed by atoms with Gasteiger partial charge in [-0.2, -0.15) is 0 Å². The SMILES string of the molecule is CCNCC(CCOCC(C)C)Cc1ccccc1. The van der Waals surface area contributed by atoms with Crippen LogP contribution in [0.3, 0.4) is 0 Å². The predicted molar refractivity (Wildman–Crippen MR) is 82.5 cm³/mol. The maximum absolute atomic E-state index is 5.72. The van der Waals surface area contributed by atoms with Crippen LogP contribution in [0.25, 0.3) is 0 Å². The summed E-state index contributed by atoms with van der Waals surface area (Å²) in [5.41, 5.74) is 1.43. The van der Waals surface area contributed by atoms with Crippen molar-refractivity contribution in [3.8, 4) is 0 Å². The number of nitrogens with one attached hydrogen (secondary N) is 1. The highest BCUT2D eigenvalue weighted by Crippen LogP contribution is 2.12. The van der Waals surface area contributed by atoms with Gasteiger partial charge in [-0.15, -0.1) is 0 Å². The summed E-state index contributed by atoms with van der Waals surface area (Å²) >= 11 is 0. The molecule has 1 rings (SSSR count). The Morgan fingerprint density at radius 2 is 1.89 bits per heavy atom. The van der Waals surface area contributed by atoms with Crippen molar-refractivity contribution in [1.82, 2.24) is 5.32 Å². The summed E-state index contributed by atoms with van der Waals surface area (Å²) in [5, 5.41) is 3.46. The molecule has 0 saturated heterocycles. The van der Waals surface area contributed by atoms with Gasteiger partial charge in [-0.05, 0) is 43.3 Å². The summed E-state index contributed by atoms with van der Waals surface area (Å²) in [4.78, 5) is 0. The van der Waals surface area contributed by atoms with E-state index in [1.54, 1.807) is 0 Å². The van der Waals surface area contributed by atoms with Crippen molar-refractivity contribution in [3.05, 3.63) is 35.9 Å². The molecule has 0 amide bonds. The van der Waals surface area contributed by atoms with E-state index in [0.717, 1.165) is 39.1 Å². The molecule has 0 aromatic heterocycles. The lowest BCUT2D eigenvalue weighted by molar-refractivity contribution is 0.0976. The van der Waals surface area contributed by atoms with E-state index in [9.17, 15) is 0 Å². The van der Waals surface area contributed by atoms with Crippen molar-refractivity contribution in [1.29, 1.82) is 0 Å². The van der Waals surface area contributed by atoms with E-state index in [0.29, 0.717) is 11.8 Å². The first-order valence-corrected chi connectivity index (χ1v) is 7.54. The summed E-state index contributed by atoms with van der Waals surface area (Å²) in [6.07, 6.45) is 2.27. The average molecular weight is 263 g/mol. The van der Waals surface area contributed by atoms with Gasteiger partial charge >= 0.3 is 0 Å². The second-order valence-corrected chi connectivity index (χ2v) is 5.62. The second-order valence-electron chi connectivity index (χ2n) is 5.62. The Labute approximate surface area is 118 Å². The van der Waals surface area contributed by atoms with Crippen LogP contribution in [0.15, 0.2) is 30.3 Å². The monoisotopic (exact) mass is 263 g/mol. The summed E-state index contributed by atoms with van der Waals surface area (Å²) in [6, 6.07) is 10.8. The minimum Gasteiger partial charge on any atom is -0.381 e. The van der Waals surface area contributed by atoms with Gasteiger partial charge in [0.15, 0.2) is 0 Å². The lowest BCUT2D eigenvalue weighted by Crippen LogP contribution is -2.25. The molecule has 0 aliphatic heterocycles. The van der Waals surface area contributed by atoms with Gasteiger partial charge in [0.2, 0.25) is 0 Å². The Balaban J connectivity index is 2.34. The molecule has 1 aromatic rings. The third-order valence-electron chi connectivity index (χ3n) is 3.17. The van der Waals surface area contributed by atoms with Gasteiger partial charge < -0.3 is 10.1 Å². The van der Waals surface area contributed by atoms with Crippen molar-refractivity contribution in [3.63, 3.8) is 0 Å². The fraction of sp³-hybridized carbons (Fsp3) is 0.647. The summed E-state index contributed by atoms with van der Waals surface area (Å²) in [6.45, 7) is 10.4. The highest BCUT2D eigenvalue weighted by molar-refractivity contribution is 5.15. The molecule has 0 fully saturated rings. The Morgan fingerprint density at radius 1 is 1.16 bits per heavy atom. The van der Waals surface area contributed by atoms with Crippen molar-refractivity contribution in [2.45, 2.75) is 33.6 Å². The Kier molecular flexibility index (Phi) is 8.52. The van der Waals surface area contributed by atoms with Gasteiger partial charge in [0.05, 0.1) is 0 Å². The molecule has 1 N–H and O–H groups in total. The third-order valence-corrected chi connectivity index (χ3v) is 3.17. The largest absolute Gasteiger partial charge is 0.381 e. The van der Waals surface area contributed by atoms with Gasteiger partial charge in [0, 0.05) is 13.2 Å². The van der Waals surface area contributed by atoms with E-state index in [1.807, 2.05) is 0 Å². The molecule has 2 heteroatoms. The highest BCUT2D eigenvalue weighted by atomic mass is 16.5. The molecule has 0 aliphatic carbocycles. The molecule has 0 aliphatic rings. The number of hydrogen-bond donors (Lipinski definition) is 1. The molecule has 2 nitrogen and oxygen atoms in total. The molecule has 108 valence electrons. The Hall–Kier alpha value is -0.860. The maximum atomic E-state index is 5.72. The first-order chi connectivity index (χ1) is 9.22. The molecular formula is C17H29NO. The normalized spacial score (nSPS) is 12.8. The van der Waals surface area contributed by atoms with Crippen LogP contribution >= 0.6 is 0 Å². The zero-order valence-corrected chi connectivity index (χ0v) is 12.7. The zero-order chi connectivity index (χ0) is 13.9. The van der Waals surface area contributed by atoms with Gasteiger partial charge in [0.25, 0.3) is 0 Å². The molecule has 0 spiro atoms. The average Bonchev–Trinajstić information content (AvgIpc) is 2.41. The lowest BCUT2D eigenvalue weighted by Gasteiger charge is -2.18. The maximum Gasteiger partial charge on any atom is 0.0488 e. The molecule has 1 unspecified atom stereocenters. The van der Waals surface area contributed by atoms with Gasteiger partial charge in [-0.1, -0.05) is 51.1 Å². The van der Waals surface area contributed by atoms with Crippen LogP contribution in [-0.2, 0) is 11.2 Å². The van der Waals surface area contributed by atoms with Crippen LogP contribution < -0.4 is 5.32 Å². The molecule has 1 aromatic carbocycles. The quantitative estimate of drug-likeness (QED) is 0.652. The van der Waals surface area contributed by atoms with Crippen LogP contribution in [0.1, 0.15) is 32.8 Å². The highest BCUT2D eigenvalue weighted by Gasteiger charge is 2.09. The van der Waals surface area contributed by atoms with Crippen molar-refractivity contribution >= 4 is 0 Å². The molecule has 0 radical (unpaired) electrons. The summed E-state index contributed by atoms with van der Waals surface area (Å²) in [7, 11) is 0. The number of ether oxygens (including phenoxy) is 1. The van der Waals surface area contributed by atoms with Crippen LogP contribution in [0.5, 0.6) is 0 Å². The minimum absolute atomic E-state index is 0.626. The number of hydrogen-bond acceptors (Lipinski definition) is 2. The second kappa shape index (κ2) is 9.99. The van der Waals surface area contributed by atoms with Crippen molar-refractivity contribution in [2.75, 3.05) is 26.3 Å². The van der Waals surface area contributed by atoms with E-state index in [1.165, 1.54) is 5.56 Å². The molecule has 0 bridgehead atoms. The minimum atomic E-state index is 0.626. The first kappa shape index (κ1) is 16.2. The topological polar surface area (TPSA) is 21.3 Å². The summed E-state index contributed by atoms with van der Waals surface area (Å²) in [5.74, 6) is 1.29. The van der Waals surface area contributed by atoms with Crippen LogP contribution in [0.2, 0.25) is 0 Å². The van der Waals surface area contributed by atoms with Crippen LogP contribution in [0.4, 0.5) is 0 Å². The van der Waals surface area contributed by atoms with E-state index >= 15 is 0 Å². The molecule has 0 saturated carbocycles. The Morgan fingerprint density at radius 3 is 2.53 bits per heavy atom. The van der Waals surface area contributed by atoms with Gasteiger partial charge in [-0.25, -0.2) is 0 Å². The van der Waals surface area contributed by atoms with Crippen molar-refractivity contribution < 1.29 is 4.74 Å². The van der Waals surface area contributed by atoms with E-state index in [4.69, 9.17) is 4.74 Å². The van der Waals surface area contributed by atoms with Crippen LogP contribution in [-0.4, -0.2) is 26.3 Å². The fourth-order valence-corrected chi connectivity index (χ4v) is 2.14. The van der Waals surface area contributed by atoms with Crippen molar-refractivity contribution in [2.24, 2.45) is 11.8 Å². The molecule has 0 heterocycles. The summed E-state index contributed by atoms with van der Waals surface area (Å²) < 4.78 is 5.72. The Bertz CT molecular complexity index is 310. The fourth-order valence-electron chi connectivity index (χ4n) is 2.14. The van der Waals surface area contributed by atoms with E-state index in [-0.39, 0.29) is 0 Å². The third kappa shape index (κ3) is 8.02. The van der Waals surface area contributed by atoms with E-state index in [2.05, 4.69) is 56.4 Å². The standard InChI is InChI=1S/C17H29NO/c1-4-18-13-17(10-11-19-14-15(2)3)12-16-8-6-5-7-9-16/h5-9,15,17-18H,4,10-14H2,1-3H3. The number of rotatable bonds is 10. The van der Waals surface area contributed by atoms with E-state index < -0.39 is 0 Å². The molecule has 19 heavy (non-hydrogen) atoms. The zero-order valence-electron chi connectivity index (χ0n) is 12.7.